The third-order valence-electron chi connectivity index (χ3n) is 1.36. The lowest BCUT2D eigenvalue weighted by Gasteiger charge is -1.98. The number of para-hydroxylation sites is 1. The molecule has 0 radical (unpaired) electrons. The zero-order valence-electron chi connectivity index (χ0n) is 5.55. The maximum absolute atomic E-state index is 9.18. The normalized spacial score (nSPS) is 9.70. The Hall–Kier alpha value is -0.690. The van der Waals surface area contributed by atoms with Crippen molar-refractivity contribution in [3.8, 4) is 5.75 Å². The number of hydrogen-bond acceptors (Lipinski definition) is 1. The Balaban J connectivity index is 2.81. The molecule has 0 aliphatic rings. The van der Waals surface area contributed by atoms with Gasteiger partial charge in [-0.05, 0) is 18.1 Å². The van der Waals surface area contributed by atoms with Gasteiger partial charge in [-0.25, -0.2) is 0 Å². The second-order valence-corrected chi connectivity index (χ2v) is 2.45. The number of phenolic OH excluding ortho intramolecular Hbond substituents is 1. The average molecular weight is 157 g/mol. The lowest BCUT2D eigenvalue weighted by atomic mass is 10.1. The van der Waals surface area contributed by atoms with Crippen molar-refractivity contribution < 1.29 is 5.11 Å². The first kappa shape index (κ1) is 7.42. The molecule has 1 N–H and O–H groups in total. The highest BCUT2D eigenvalue weighted by atomic mass is 35.5. The van der Waals surface area contributed by atoms with E-state index >= 15 is 0 Å². The molecular formula is C8H9ClO. The molecule has 54 valence electrons. The topological polar surface area (TPSA) is 20.2 Å². The van der Waals surface area contributed by atoms with E-state index in [4.69, 9.17) is 11.6 Å². The molecule has 2 heteroatoms. The van der Waals surface area contributed by atoms with Crippen molar-refractivity contribution in [3.63, 3.8) is 0 Å². The van der Waals surface area contributed by atoms with Crippen LogP contribution in [0.2, 0.25) is 0 Å². The van der Waals surface area contributed by atoms with Gasteiger partial charge in [0, 0.05) is 5.88 Å². The van der Waals surface area contributed by atoms with Gasteiger partial charge in [-0.15, -0.1) is 11.6 Å². The predicted molar refractivity (Wildman–Crippen MR) is 42.5 cm³/mol. The van der Waals surface area contributed by atoms with Crippen molar-refractivity contribution >= 4 is 11.6 Å². The van der Waals surface area contributed by atoms with Gasteiger partial charge in [0.05, 0.1) is 0 Å². The number of aromatic hydroxyl groups is 1. The summed E-state index contributed by atoms with van der Waals surface area (Å²) in [6.45, 7) is 0. The van der Waals surface area contributed by atoms with Gasteiger partial charge in [0.2, 0.25) is 0 Å². The molecule has 0 heterocycles. The number of alkyl halides is 1. The molecule has 1 aromatic rings. The number of halogens is 1. The molecule has 0 fully saturated rings. The maximum Gasteiger partial charge on any atom is 0.118 e. The fraction of sp³-hybridized carbons (Fsp3) is 0.250. The molecule has 0 aliphatic heterocycles. The second-order valence-electron chi connectivity index (χ2n) is 2.07. The van der Waals surface area contributed by atoms with E-state index in [9.17, 15) is 5.11 Å². The third kappa shape index (κ3) is 1.64. The van der Waals surface area contributed by atoms with Crippen LogP contribution in [0.1, 0.15) is 5.56 Å². The van der Waals surface area contributed by atoms with E-state index in [1.807, 2.05) is 12.1 Å². The molecule has 0 unspecified atom stereocenters. The minimum absolute atomic E-state index is 0.336. The number of hydrogen-bond donors (Lipinski definition) is 1. The van der Waals surface area contributed by atoms with Gasteiger partial charge >= 0.3 is 0 Å². The van der Waals surface area contributed by atoms with Crippen LogP contribution in [0.3, 0.4) is 0 Å². The van der Waals surface area contributed by atoms with Crippen LogP contribution in [0, 0.1) is 0 Å². The second kappa shape index (κ2) is 3.47. The Kier molecular flexibility index (Phi) is 2.57. The summed E-state index contributed by atoms with van der Waals surface area (Å²) < 4.78 is 0. The molecule has 0 atom stereocenters. The largest absolute Gasteiger partial charge is 0.508 e. The Morgan fingerprint density at radius 3 is 2.60 bits per heavy atom. The van der Waals surface area contributed by atoms with E-state index in [-0.39, 0.29) is 0 Å². The number of benzene rings is 1. The van der Waals surface area contributed by atoms with Crippen molar-refractivity contribution in [2.24, 2.45) is 0 Å². The fourth-order valence-corrected chi connectivity index (χ4v) is 1.03. The van der Waals surface area contributed by atoms with Crippen LogP contribution in [0.5, 0.6) is 5.75 Å². The van der Waals surface area contributed by atoms with E-state index in [0.29, 0.717) is 11.6 Å². The minimum Gasteiger partial charge on any atom is -0.508 e. The zero-order chi connectivity index (χ0) is 7.40. The fourth-order valence-electron chi connectivity index (χ4n) is 0.824. The van der Waals surface area contributed by atoms with Crippen LogP contribution >= 0.6 is 11.6 Å². The monoisotopic (exact) mass is 156 g/mol. The summed E-state index contributed by atoms with van der Waals surface area (Å²) >= 11 is 5.50. The minimum atomic E-state index is 0.336. The van der Waals surface area contributed by atoms with Crippen molar-refractivity contribution in [2.75, 3.05) is 5.88 Å². The summed E-state index contributed by atoms with van der Waals surface area (Å²) in [6.07, 6.45) is 0.730. The number of rotatable bonds is 2. The van der Waals surface area contributed by atoms with Gasteiger partial charge in [-0.3, -0.25) is 0 Å². The SMILES string of the molecule is Oc1ccccc1CCCl. The molecule has 0 aliphatic carbocycles. The highest BCUT2D eigenvalue weighted by Crippen LogP contribution is 2.15. The maximum atomic E-state index is 9.18. The molecule has 0 saturated carbocycles. The molecule has 1 rings (SSSR count). The van der Waals surface area contributed by atoms with Gasteiger partial charge < -0.3 is 5.11 Å². The molecule has 0 spiro atoms. The van der Waals surface area contributed by atoms with Gasteiger partial charge in [-0.2, -0.15) is 0 Å². The molecular weight excluding hydrogens is 148 g/mol. The van der Waals surface area contributed by atoms with Crippen molar-refractivity contribution in [3.05, 3.63) is 29.8 Å². The summed E-state index contributed by atoms with van der Waals surface area (Å²) in [5.41, 5.74) is 0.914. The highest BCUT2D eigenvalue weighted by Gasteiger charge is 1.95. The molecule has 1 nitrogen and oxygen atoms in total. The molecule has 0 bridgehead atoms. The quantitative estimate of drug-likeness (QED) is 0.651. The van der Waals surface area contributed by atoms with Crippen LogP contribution in [-0.4, -0.2) is 11.0 Å². The number of aryl methyl sites for hydroxylation is 1. The van der Waals surface area contributed by atoms with Crippen LogP contribution in [0.4, 0.5) is 0 Å². The van der Waals surface area contributed by atoms with Crippen molar-refractivity contribution in [1.29, 1.82) is 0 Å². The van der Waals surface area contributed by atoms with Gasteiger partial charge in [-0.1, -0.05) is 18.2 Å². The molecule has 0 saturated heterocycles. The van der Waals surface area contributed by atoms with Gasteiger partial charge in [0.15, 0.2) is 0 Å². The summed E-state index contributed by atoms with van der Waals surface area (Å²) in [7, 11) is 0. The Morgan fingerprint density at radius 1 is 1.30 bits per heavy atom. The smallest absolute Gasteiger partial charge is 0.118 e. The van der Waals surface area contributed by atoms with Crippen molar-refractivity contribution in [2.45, 2.75) is 6.42 Å². The Bertz CT molecular complexity index is 210. The van der Waals surface area contributed by atoms with Gasteiger partial charge in [0.1, 0.15) is 5.75 Å². The lowest BCUT2D eigenvalue weighted by molar-refractivity contribution is 0.469. The number of phenols is 1. The van der Waals surface area contributed by atoms with Crippen LogP contribution < -0.4 is 0 Å². The zero-order valence-corrected chi connectivity index (χ0v) is 6.30. The summed E-state index contributed by atoms with van der Waals surface area (Å²) in [5, 5.41) is 9.18. The first-order chi connectivity index (χ1) is 4.84. The molecule has 1 aromatic carbocycles. The van der Waals surface area contributed by atoms with E-state index in [2.05, 4.69) is 0 Å². The van der Waals surface area contributed by atoms with Gasteiger partial charge in [0.25, 0.3) is 0 Å². The van der Waals surface area contributed by atoms with Crippen LogP contribution in [0.25, 0.3) is 0 Å². The van der Waals surface area contributed by atoms with E-state index in [0.717, 1.165) is 12.0 Å². The predicted octanol–water partition coefficient (Wildman–Crippen LogP) is 2.17. The van der Waals surface area contributed by atoms with E-state index in [1.165, 1.54) is 0 Å². The Morgan fingerprint density at radius 2 is 2.00 bits per heavy atom. The Labute approximate surface area is 65.3 Å². The first-order valence-electron chi connectivity index (χ1n) is 3.17. The summed E-state index contributed by atoms with van der Waals surface area (Å²) in [4.78, 5) is 0. The van der Waals surface area contributed by atoms with E-state index in [1.54, 1.807) is 12.1 Å². The molecule has 0 aromatic heterocycles. The molecule has 0 amide bonds. The molecule has 10 heavy (non-hydrogen) atoms. The summed E-state index contributed by atoms with van der Waals surface area (Å²) in [5.74, 6) is 0.889. The standard InChI is InChI=1S/C8H9ClO/c9-6-5-7-3-1-2-4-8(7)10/h1-4,10H,5-6H2. The van der Waals surface area contributed by atoms with Crippen molar-refractivity contribution in [1.82, 2.24) is 0 Å². The van der Waals surface area contributed by atoms with Crippen LogP contribution in [0.15, 0.2) is 24.3 Å². The third-order valence-corrected chi connectivity index (χ3v) is 1.54. The summed E-state index contributed by atoms with van der Waals surface area (Å²) in [6, 6.07) is 7.23. The average Bonchev–Trinajstić information content (AvgIpc) is 1.94. The first-order valence-corrected chi connectivity index (χ1v) is 3.71. The highest BCUT2D eigenvalue weighted by molar-refractivity contribution is 6.18. The van der Waals surface area contributed by atoms with Crippen LogP contribution in [-0.2, 0) is 6.42 Å². The van der Waals surface area contributed by atoms with E-state index < -0.39 is 0 Å². The lowest BCUT2D eigenvalue weighted by Crippen LogP contribution is -1.84.